The van der Waals surface area contributed by atoms with E-state index in [9.17, 15) is 9.59 Å². The van der Waals surface area contributed by atoms with Gasteiger partial charge in [0.1, 0.15) is 11.5 Å². The van der Waals surface area contributed by atoms with Crippen molar-refractivity contribution in [2.24, 2.45) is 11.8 Å². The summed E-state index contributed by atoms with van der Waals surface area (Å²) in [6.07, 6.45) is 4.16. The molecule has 0 aliphatic carbocycles. The topological polar surface area (TPSA) is 55.8 Å². The van der Waals surface area contributed by atoms with Crippen LogP contribution in [-0.4, -0.2) is 36.7 Å². The lowest BCUT2D eigenvalue weighted by Gasteiger charge is -2.22. The molecule has 1 amide bonds. The third-order valence-electron chi connectivity index (χ3n) is 4.96. The van der Waals surface area contributed by atoms with Gasteiger partial charge in [0.2, 0.25) is 5.91 Å². The predicted octanol–water partition coefficient (Wildman–Crippen LogP) is 2.58. The minimum Gasteiger partial charge on any atom is -0.465 e. The van der Waals surface area contributed by atoms with Crippen molar-refractivity contribution in [1.82, 2.24) is 0 Å². The van der Waals surface area contributed by atoms with E-state index in [4.69, 9.17) is 21.1 Å². The van der Waals surface area contributed by atoms with E-state index < -0.39 is 17.4 Å². The molecule has 2 saturated heterocycles. The van der Waals surface area contributed by atoms with Gasteiger partial charge in [0.05, 0.1) is 35.9 Å². The highest BCUT2D eigenvalue weighted by atomic mass is 35.5. The van der Waals surface area contributed by atoms with Gasteiger partial charge in [0.15, 0.2) is 0 Å². The Morgan fingerprint density at radius 3 is 3.00 bits per heavy atom. The zero-order valence-corrected chi connectivity index (χ0v) is 14.0. The lowest BCUT2D eigenvalue weighted by Crippen LogP contribution is -2.40. The Labute approximate surface area is 145 Å². The second-order valence-corrected chi connectivity index (χ2v) is 6.85. The van der Waals surface area contributed by atoms with Gasteiger partial charge in [-0.1, -0.05) is 42.8 Å². The number of amides is 1. The summed E-state index contributed by atoms with van der Waals surface area (Å²) >= 11 is 6.25. The zero-order valence-electron chi connectivity index (χ0n) is 13.3. The lowest BCUT2D eigenvalue weighted by molar-refractivity contribution is -0.152. The van der Waals surface area contributed by atoms with Crippen molar-refractivity contribution in [3.8, 4) is 0 Å². The van der Waals surface area contributed by atoms with E-state index in [1.807, 2.05) is 31.2 Å². The number of nitrogens with zero attached hydrogens (tertiary/aromatic N) is 1. The van der Waals surface area contributed by atoms with Gasteiger partial charge in [0.25, 0.3) is 0 Å². The van der Waals surface area contributed by atoms with E-state index in [0.29, 0.717) is 23.9 Å². The Morgan fingerprint density at radius 2 is 2.25 bits per heavy atom. The summed E-state index contributed by atoms with van der Waals surface area (Å²) in [5.74, 6) is -1.62. The van der Waals surface area contributed by atoms with Crippen LogP contribution in [-0.2, 0) is 19.1 Å². The zero-order chi connectivity index (χ0) is 16.9. The molecule has 24 heavy (non-hydrogen) atoms. The number of esters is 1. The van der Waals surface area contributed by atoms with Gasteiger partial charge in [-0.3, -0.25) is 9.59 Å². The van der Waals surface area contributed by atoms with Crippen LogP contribution in [0.3, 0.4) is 0 Å². The number of carbonyl (C=O) groups is 2. The first kappa shape index (κ1) is 15.7. The minimum absolute atomic E-state index is 0.131. The number of fused-ring (bicyclic) bond motifs is 1. The first-order valence-corrected chi connectivity index (χ1v) is 8.55. The van der Waals surface area contributed by atoms with E-state index in [0.717, 1.165) is 6.42 Å². The fraction of sp³-hybridized carbons (Fsp3) is 0.444. The lowest BCUT2D eigenvalue weighted by atomic mass is 9.77. The molecular weight excluding hydrogens is 330 g/mol. The van der Waals surface area contributed by atoms with Crippen molar-refractivity contribution >= 4 is 29.2 Å². The second kappa shape index (κ2) is 5.60. The van der Waals surface area contributed by atoms with E-state index in [1.165, 1.54) is 0 Å². The summed E-state index contributed by atoms with van der Waals surface area (Å²) in [4.78, 5) is 27.1. The third kappa shape index (κ3) is 2.11. The van der Waals surface area contributed by atoms with Gasteiger partial charge < -0.3 is 14.4 Å². The molecular formula is C18H18ClNO4. The predicted molar refractivity (Wildman–Crippen MR) is 88.8 cm³/mol. The molecule has 6 heteroatoms. The maximum Gasteiger partial charge on any atom is 0.312 e. The van der Waals surface area contributed by atoms with Crippen molar-refractivity contribution in [3.05, 3.63) is 41.4 Å². The smallest absolute Gasteiger partial charge is 0.312 e. The first-order valence-electron chi connectivity index (χ1n) is 8.17. The van der Waals surface area contributed by atoms with Crippen molar-refractivity contribution in [2.75, 3.05) is 18.1 Å². The Hall–Kier alpha value is -1.85. The Bertz CT molecular complexity index is 733. The molecule has 0 unspecified atom stereocenters. The molecule has 0 N–H and O–H groups in total. The van der Waals surface area contributed by atoms with Gasteiger partial charge in [-0.15, -0.1) is 0 Å². The average molecular weight is 348 g/mol. The molecule has 0 saturated carbocycles. The quantitative estimate of drug-likeness (QED) is 0.620. The molecule has 2 bridgehead atoms. The van der Waals surface area contributed by atoms with E-state index in [1.54, 1.807) is 17.0 Å². The highest BCUT2D eigenvalue weighted by molar-refractivity contribution is 6.34. The largest absolute Gasteiger partial charge is 0.465 e. The van der Waals surface area contributed by atoms with Crippen molar-refractivity contribution < 1.29 is 19.1 Å². The summed E-state index contributed by atoms with van der Waals surface area (Å²) in [5.41, 5.74) is -0.106. The summed E-state index contributed by atoms with van der Waals surface area (Å²) < 4.78 is 11.3. The van der Waals surface area contributed by atoms with Gasteiger partial charge in [-0.05, 0) is 18.6 Å². The number of hydrogen-bond donors (Lipinski definition) is 0. The van der Waals surface area contributed by atoms with E-state index in [2.05, 4.69) is 0 Å². The maximum atomic E-state index is 13.1. The molecule has 126 valence electrons. The number of hydrogen-bond acceptors (Lipinski definition) is 4. The molecule has 0 radical (unpaired) electrons. The molecule has 4 atom stereocenters. The standard InChI is InChI=1S/C18H18ClNO4/c1-2-9-23-17(22)14-13-7-8-18(24-13)10-20(16(21)15(14)18)12-6-4-3-5-11(12)19/h3-8,13-15H,2,9-10H2,1H3/t13-,14+,15+,18-/m0/s1. The molecule has 1 aromatic rings. The first-order chi connectivity index (χ1) is 11.6. The van der Waals surface area contributed by atoms with Gasteiger partial charge in [-0.25, -0.2) is 0 Å². The number of rotatable bonds is 4. The number of halogens is 1. The van der Waals surface area contributed by atoms with Gasteiger partial charge in [0, 0.05) is 0 Å². The van der Waals surface area contributed by atoms with Crippen molar-refractivity contribution in [3.63, 3.8) is 0 Å². The monoisotopic (exact) mass is 347 g/mol. The molecule has 3 aliphatic rings. The number of anilines is 1. The molecule has 1 aromatic carbocycles. The van der Waals surface area contributed by atoms with Crippen LogP contribution in [0.25, 0.3) is 0 Å². The van der Waals surface area contributed by atoms with E-state index >= 15 is 0 Å². The SMILES string of the molecule is CCCOC(=O)[C@@H]1[C@@H]2C=C[C@@]3(CN(c4ccccc4Cl)C(=O)[C@@H]13)O2. The molecule has 4 rings (SSSR count). The third-order valence-corrected chi connectivity index (χ3v) is 5.28. The summed E-state index contributed by atoms with van der Waals surface area (Å²) in [6, 6.07) is 7.20. The summed E-state index contributed by atoms with van der Waals surface area (Å²) in [5, 5.41) is 0.505. The highest BCUT2D eigenvalue weighted by Crippen LogP contribution is 2.53. The Balaban J connectivity index is 1.67. The van der Waals surface area contributed by atoms with Crippen LogP contribution in [0.1, 0.15) is 13.3 Å². The Kier molecular flexibility index (Phi) is 3.66. The number of ether oxygens (including phenoxy) is 2. The number of benzene rings is 1. The van der Waals surface area contributed by atoms with Gasteiger partial charge in [-0.2, -0.15) is 0 Å². The Morgan fingerprint density at radius 1 is 1.46 bits per heavy atom. The van der Waals surface area contributed by atoms with Crippen LogP contribution in [0.2, 0.25) is 5.02 Å². The normalized spacial score (nSPS) is 33.2. The van der Waals surface area contributed by atoms with Crippen LogP contribution in [0.15, 0.2) is 36.4 Å². The maximum absolute atomic E-state index is 13.1. The van der Waals surface area contributed by atoms with Crippen LogP contribution in [0, 0.1) is 11.8 Å². The molecule has 0 aromatic heterocycles. The minimum atomic E-state index is -0.753. The number of para-hydroxylation sites is 1. The molecule has 1 spiro atoms. The van der Waals surface area contributed by atoms with Crippen LogP contribution >= 0.6 is 11.6 Å². The van der Waals surface area contributed by atoms with Crippen molar-refractivity contribution in [2.45, 2.75) is 25.0 Å². The molecule has 5 nitrogen and oxygen atoms in total. The second-order valence-electron chi connectivity index (χ2n) is 6.44. The van der Waals surface area contributed by atoms with Crippen LogP contribution in [0.5, 0.6) is 0 Å². The van der Waals surface area contributed by atoms with Crippen LogP contribution < -0.4 is 4.90 Å². The number of carbonyl (C=O) groups excluding carboxylic acids is 2. The van der Waals surface area contributed by atoms with Crippen LogP contribution in [0.4, 0.5) is 5.69 Å². The molecule has 3 heterocycles. The van der Waals surface area contributed by atoms with Gasteiger partial charge >= 0.3 is 5.97 Å². The van der Waals surface area contributed by atoms with Crippen molar-refractivity contribution in [1.29, 1.82) is 0 Å². The fourth-order valence-corrected chi connectivity index (χ4v) is 4.18. The molecule has 3 aliphatic heterocycles. The fourth-order valence-electron chi connectivity index (χ4n) is 3.94. The summed E-state index contributed by atoms with van der Waals surface area (Å²) in [6.45, 7) is 2.66. The molecule has 2 fully saturated rings. The summed E-state index contributed by atoms with van der Waals surface area (Å²) in [7, 11) is 0. The van der Waals surface area contributed by atoms with E-state index in [-0.39, 0.29) is 18.0 Å². The highest BCUT2D eigenvalue weighted by Gasteiger charge is 2.67. The average Bonchev–Trinajstić information content (AvgIpc) is 3.21.